The standard InChI is InChI=1S/C10H21NO2/c1-8(6-10(2,3)4)11(5)7-9(12)13/h8H,6-7H2,1-5H3,(H,12,13)/t8-/m1/s1. The number of rotatable bonds is 4. The second kappa shape index (κ2) is 4.61. The fourth-order valence-electron chi connectivity index (χ4n) is 1.41. The van der Waals surface area contributed by atoms with Crippen LogP contribution in [-0.2, 0) is 4.79 Å². The predicted molar refractivity (Wildman–Crippen MR) is 53.8 cm³/mol. The van der Waals surface area contributed by atoms with Gasteiger partial charge in [-0.25, -0.2) is 0 Å². The fourth-order valence-corrected chi connectivity index (χ4v) is 1.41. The lowest BCUT2D eigenvalue weighted by Gasteiger charge is -2.29. The molecule has 0 radical (unpaired) electrons. The van der Waals surface area contributed by atoms with Crippen molar-refractivity contribution in [2.24, 2.45) is 5.41 Å². The summed E-state index contributed by atoms with van der Waals surface area (Å²) in [7, 11) is 1.85. The molecule has 0 fully saturated rings. The number of aliphatic carboxylic acids is 1. The Hall–Kier alpha value is -0.570. The maximum Gasteiger partial charge on any atom is 0.317 e. The minimum absolute atomic E-state index is 0.122. The zero-order valence-electron chi connectivity index (χ0n) is 9.29. The monoisotopic (exact) mass is 187 g/mol. The Morgan fingerprint density at radius 3 is 2.23 bits per heavy atom. The van der Waals surface area contributed by atoms with Gasteiger partial charge in [0.25, 0.3) is 0 Å². The molecule has 0 aromatic heterocycles. The number of carbonyl (C=O) groups is 1. The Morgan fingerprint density at radius 2 is 1.92 bits per heavy atom. The number of hydrogen-bond acceptors (Lipinski definition) is 2. The molecule has 1 N–H and O–H groups in total. The topological polar surface area (TPSA) is 40.5 Å². The number of carboxylic acid groups (broad SMARTS) is 1. The summed E-state index contributed by atoms with van der Waals surface area (Å²) in [6.45, 7) is 8.68. The van der Waals surface area contributed by atoms with Crippen LogP contribution < -0.4 is 0 Å². The van der Waals surface area contributed by atoms with E-state index in [2.05, 4.69) is 27.7 Å². The molecule has 0 amide bonds. The molecule has 0 aliphatic carbocycles. The van der Waals surface area contributed by atoms with E-state index in [0.717, 1.165) is 6.42 Å². The summed E-state index contributed by atoms with van der Waals surface area (Å²) in [5.41, 5.74) is 0.256. The second-order valence-electron chi connectivity index (χ2n) is 4.92. The van der Waals surface area contributed by atoms with E-state index in [9.17, 15) is 4.79 Å². The van der Waals surface area contributed by atoms with Crippen LogP contribution in [0.5, 0.6) is 0 Å². The van der Waals surface area contributed by atoms with Gasteiger partial charge in [-0.2, -0.15) is 0 Å². The summed E-state index contributed by atoms with van der Waals surface area (Å²) in [6, 6.07) is 0.316. The van der Waals surface area contributed by atoms with Crippen LogP contribution in [0.4, 0.5) is 0 Å². The third-order valence-electron chi connectivity index (χ3n) is 2.04. The van der Waals surface area contributed by atoms with E-state index in [1.165, 1.54) is 0 Å². The highest BCUT2D eigenvalue weighted by molar-refractivity contribution is 5.69. The molecular weight excluding hydrogens is 166 g/mol. The van der Waals surface area contributed by atoms with Crippen molar-refractivity contribution in [1.82, 2.24) is 4.90 Å². The fraction of sp³-hybridized carbons (Fsp3) is 0.900. The Bertz CT molecular complexity index is 172. The van der Waals surface area contributed by atoms with Crippen molar-refractivity contribution in [3.8, 4) is 0 Å². The lowest BCUT2D eigenvalue weighted by molar-refractivity contribution is -0.138. The third-order valence-corrected chi connectivity index (χ3v) is 2.04. The zero-order chi connectivity index (χ0) is 10.6. The van der Waals surface area contributed by atoms with Crippen LogP contribution in [0.15, 0.2) is 0 Å². The first-order valence-electron chi connectivity index (χ1n) is 4.64. The summed E-state index contributed by atoms with van der Waals surface area (Å²) in [5, 5.41) is 8.59. The van der Waals surface area contributed by atoms with Crippen molar-refractivity contribution in [1.29, 1.82) is 0 Å². The van der Waals surface area contributed by atoms with E-state index in [1.54, 1.807) is 0 Å². The molecule has 13 heavy (non-hydrogen) atoms. The van der Waals surface area contributed by atoms with Gasteiger partial charge in [0.05, 0.1) is 6.54 Å². The van der Waals surface area contributed by atoms with E-state index in [0.29, 0.717) is 6.04 Å². The van der Waals surface area contributed by atoms with Crippen LogP contribution in [0.2, 0.25) is 0 Å². The van der Waals surface area contributed by atoms with E-state index in [4.69, 9.17) is 5.11 Å². The van der Waals surface area contributed by atoms with E-state index >= 15 is 0 Å². The first-order chi connectivity index (χ1) is 5.72. The zero-order valence-corrected chi connectivity index (χ0v) is 9.29. The Labute approximate surface area is 80.7 Å². The van der Waals surface area contributed by atoms with Gasteiger partial charge in [-0.05, 0) is 25.8 Å². The smallest absolute Gasteiger partial charge is 0.317 e. The molecule has 3 heteroatoms. The Balaban J connectivity index is 3.96. The molecule has 0 saturated carbocycles. The van der Waals surface area contributed by atoms with Crippen molar-refractivity contribution in [3.05, 3.63) is 0 Å². The lowest BCUT2D eigenvalue weighted by Crippen LogP contribution is -2.36. The molecular formula is C10H21NO2. The highest BCUT2D eigenvalue weighted by Crippen LogP contribution is 2.22. The maximum absolute atomic E-state index is 10.4. The molecule has 0 rings (SSSR count). The molecule has 0 heterocycles. The molecule has 3 nitrogen and oxygen atoms in total. The highest BCUT2D eigenvalue weighted by atomic mass is 16.4. The molecule has 1 atom stereocenters. The van der Waals surface area contributed by atoms with Crippen molar-refractivity contribution in [2.75, 3.05) is 13.6 Å². The normalized spacial score (nSPS) is 14.6. The van der Waals surface area contributed by atoms with Gasteiger partial charge in [0.1, 0.15) is 0 Å². The minimum Gasteiger partial charge on any atom is -0.480 e. The van der Waals surface area contributed by atoms with Crippen LogP contribution in [-0.4, -0.2) is 35.6 Å². The molecule has 0 spiro atoms. The van der Waals surface area contributed by atoms with Gasteiger partial charge >= 0.3 is 5.97 Å². The molecule has 0 unspecified atom stereocenters. The summed E-state index contributed by atoms with van der Waals surface area (Å²) in [4.78, 5) is 12.3. The van der Waals surface area contributed by atoms with Crippen LogP contribution in [0.25, 0.3) is 0 Å². The van der Waals surface area contributed by atoms with Gasteiger partial charge in [0.15, 0.2) is 0 Å². The predicted octanol–water partition coefficient (Wildman–Crippen LogP) is 1.83. The van der Waals surface area contributed by atoms with Gasteiger partial charge < -0.3 is 5.11 Å². The van der Waals surface area contributed by atoms with E-state index in [-0.39, 0.29) is 12.0 Å². The molecule has 0 bridgehead atoms. The minimum atomic E-state index is -0.761. The Morgan fingerprint density at radius 1 is 1.46 bits per heavy atom. The molecule has 0 aliphatic heterocycles. The van der Waals surface area contributed by atoms with Crippen LogP contribution in [0.1, 0.15) is 34.1 Å². The summed E-state index contributed by atoms with van der Waals surface area (Å²) in [5.74, 6) is -0.761. The second-order valence-corrected chi connectivity index (χ2v) is 4.92. The van der Waals surface area contributed by atoms with Crippen molar-refractivity contribution in [2.45, 2.75) is 40.2 Å². The molecule has 0 saturated heterocycles. The van der Waals surface area contributed by atoms with Crippen LogP contribution in [0, 0.1) is 5.41 Å². The first-order valence-corrected chi connectivity index (χ1v) is 4.64. The lowest BCUT2D eigenvalue weighted by atomic mass is 9.88. The van der Waals surface area contributed by atoms with Crippen LogP contribution >= 0.6 is 0 Å². The van der Waals surface area contributed by atoms with Gasteiger partial charge in [-0.3, -0.25) is 9.69 Å². The van der Waals surface area contributed by atoms with Crippen molar-refractivity contribution in [3.63, 3.8) is 0 Å². The molecule has 0 aromatic carbocycles. The molecule has 0 aromatic rings. The number of hydrogen-bond donors (Lipinski definition) is 1. The largest absolute Gasteiger partial charge is 0.480 e. The van der Waals surface area contributed by atoms with E-state index in [1.807, 2.05) is 11.9 Å². The number of nitrogens with zero attached hydrogens (tertiary/aromatic N) is 1. The summed E-state index contributed by atoms with van der Waals surface area (Å²) < 4.78 is 0. The third kappa shape index (κ3) is 6.58. The molecule has 78 valence electrons. The SMILES string of the molecule is C[C@H](CC(C)(C)C)N(C)CC(=O)O. The first kappa shape index (κ1) is 12.4. The molecule has 0 aliphatic rings. The number of carboxylic acids is 1. The van der Waals surface area contributed by atoms with Gasteiger partial charge in [0, 0.05) is 6.04 Å². The van der Waals surface area contributed by atoms with Gasteiger partial charge in [-0.1, -0.05) is 20.8 Å². The van der Waals surface area contributed by atoms with Gasteiger partial charge in [-0.15, -0.1) is 0 Å². The van der Waals surface area contributed by atoms with Crippen molar-refractivity contribution >= 4 is 5.97 Å². The van der Waals surface area contributed by atoms with Crippen LogP contribution in [0.3, 0.4) is 0 Å². The average molecular weight is 187 g/mol. The highest BCUT2D eigenvalue weighted by Gasteiger charge is 2.19. The summed E-state index contributed by atoms with van der Waals surface area (Å²) >= 11 is 0. The number of likely N-dealkylation sites (N-methyl/N-ethyl adjacent to an activating group) is 1. The summed E-state index contributed by atoms with van der Waals surface area (Å²) in [6.07, 6.45) is 1.01. The van der Waals surface area contributed by atoms with Gasteiger partial charge in [0.2, 0.25) is 0 Å². The maximum atomic E-state index is 10.4. The van der Waals surface area contributed by atoms with E-state index < -0.39 is 5.97 Å². The average Bonchev–Trinajstić information content (AvgIpc) is 1.81. The Kier molecular flexibility index (Phi) is 4.40. The quantitative estimate of drug-likeness (QED) is 0.730. The van der Waals surface area contributed by atoms with Crippen molar-refractivity contribution < 1.29 is 9.90 Å².